The molecule has 0 saturated carbocycles. The Hall–Kier alpha value is -1.94. The molecule has 2 nitrogen and oxygen atoms in total. The highest BCUT2D eigenvalue weighted by Crippen LogP contribution is 2.32. The van der Waals surface area contributed by atoms with Gasteiger partial charge < -0.3 is 10.6 Å². The van der Waals surface area contributed by atoms with Crippen LogP contribution < -0.4 is 10.6 Å². The second-order valence-corrected chi connectivity index (χ2v) is 4.47. The number of nitrogens with zero attached hydrogens (tertiary/aromatic N) is 1. The standard InChI is InChI=1S/C15H16F2N2/c1-10(18)15-12(17)7-5-9-14(15)19(2)13-8-4-3-6-11(13)16/h3-10H,18H2,1-2H3/t10-/m1/s1. The molecule has 2 aromatic rings. The van der Waals surface area contributed by atoms with Crippen molar-refractivity contribution in [1.29, 1.82) is 0 Å². The van der Waals surface area contributed by atoms with Crippen molar-refractivity contribution >= 4 is 11.4 Å². The second kappa shape index (κ2) is 5.36. The quantitative estimate of drug-likeness (QED) is 0.912. The Balaban J connectivity index is 2.54. The Bertz CT molecular complexity index is 582. The van der Waals surface area contributed by atoms with Crippen molar-refractivity contribution in [2.75, 3.05) is 11.9 Å². The zero-order valence-electron chi connectivity index (χ0n) is 10.9. The minimum Gasteiger partial charge on any atom is -0.342 e. The molecule has 0 heterocycles. The zero-order valence-corrected chi connectivity index (χ0v) is 10.9. The predicted octanol–water partition coefficient (Wildman–Crippen LogP) is 3.75. The molecule has 2 N–H and O–H groups in total. The summed E-state index contributed by atoms with van der Waals surface area (Å²) in [5.41, 5.74) is 7.15. The van der Waals surface area contributed by atoms with Crippen LogP contribution in [-0.2, 0) is 0 Å². The van der Waals surface area contributed by atoms with E-state index in [1.807, 2.05) is 0 Å². The fraction of sp³-hybridized carbons (Fsp3) is 0.200. The lowest BCUT2D eigenvalue weighted by Gasteiger charge is -2.24. The van der Waals surface area contributed by atoms with Gasteiger partial charge in [-0.25, -0.2) is 8.78 Å². The molecule has 0 bridgehead atoms. The Morgan fingerprint density at radius 2 is 1.53 bits per heavy atom. The molecule has 0 spiro atoms. The van der Waals surface area contributed by atoms with Crippen LogP contribution in [0.3, 0.4) is 0 Å². The predicted molar refractivity (Wildman–Crippen MR) is 73.5 cm³/mol. The lowest BCUT2D eigenvalue weighted by atomic mass is 10.0. The number of hydrogen-bond acceptors (Lipinski definition) is 2. The van der Waals surface area contributed by atoms with Gasteiger partial charge in [-0.3, -0.25) is 0 Å². The highest BCUT2D eigenvalue weighted by molar-refractivity contribution is 5.67. The molecule has 0 fully saturated rings. The third-order valence-corrected chi connectivity index (χ3v) is 3.06. The van der Waals surface area contributed by atoms with E-state index in [1.54, 1.807) is 49.2 Å². The minimum absolute atomic E-state index is 0.357. The topological polar surface area (TPSA) is 29.3 Å². The molecular weight excluding hydrogens is 246 g/mol. The van der Waals surface area contributed by atoms with Crippen LogP contribution >= 0.6 is 0 Å². The molecule has 0 unspecified atom stereocenters. The first-order valence-electron chi connectivity index (χ1n) is 6.04. The lowest BCUT2D eigenvalue weighted by Crippen LogP contribution is -2.18. The van der Waals surface area contributed by atoms with Crippen molar-refractivity contribution in [3.8, 4) is 0 Å². The van der Waals surface area contributed by atoms with Crippen molar-refractivity contribution in [1.82, 2.24) is 0 Å². The minimum atomic E-state index is -0.467. The smallest absolute Gasteiger partial charge is 0.146 e. The molecule has 0 aliphatic heterocycles. The monoisotopic (exact) mass is 262 g/mol. The van der Waals surface area contributed by atoms with Crippen molar-refractivity contribution in [3.05, 3.63) is 59.7 Å². The maximum Gasteiger partial charge on any atom is 0.146 e. The number of rotatable bonds is 3. The summed E-state index contributed by atoms with van der Waals surface area (Å²) in [6.07, 6.45) is 0. The Kier molecular flexibility index (Phi) is 3.81. The molecule has 2 aromatic carbocycles. The number of halogens is 2. The maximum atomic E-state index is 13.9. The highest BCUT2D eigenvalue weighted by Gasteiger charge is 2.17. The van der Waals surface area contributed by atoms with Crippen LogP contribution in [0.15, 0.2) is 42.5 Å². The molecular formula is C15H16F2N2. The molecule has 0 aliphatic carbocycles. The van der Waals surface area contributed by atoms with E-state index in [2.05, 4.69) is 0 Å². The van der Waals surface area contributed by atoms with Gasteiger partial charge in [-0.1, -0.05) is 18.2 Å². The van der Waals surface area contributed by atoms with Gasteiger partial charge >= 0.3 is 0 Å². The Morgan fingerprint density at radius 3 is 2.16 bits per heavy atom. The molecule has 0 saturated heterocycles. The van der Waals surface area contributed by atoms with Crippen LogP contribution in [0, 0.1) is 11.6 Å². The number of nitrogens with two attached hydrogens (primary N) is 1. The lowest BCUT2D eigenvalue weighted by molar-refractivity contribution is 0.593. The number of hydrogen-bond donors (Lipinski definition) is 1. The van der Waals surface area contributed by atoms with E-state index in [0.717, 1.165) is 0 Å². The molecule has 19 heavy (non-hydrogen) atoms. The van der Waals surface area contributed by atoms with Crippen molar-refractivity contribution in [2.24, 2.45) is 5.73 Å². The van der Waals surface area contributed by atoms with E-state index in [1.165, 1.54) is 12.1 Å². The number of benzene rings is 2. The third kappa shape index (κ3) is 2.58. The first kappa shape index (κ1) is 13.5. The van der Waals surface area contributed by atoms with Crippen molar-refractivity contribution in [2.45, 2.75) is 13.0 Å². The first-order chi connectivity index (χ1) is 9.02. The van der Waals surface area contributed by atoms with Gasteiger partial charge in [0.25, 0.3) is 0 Å². The van der Waals surface area contributed by atoms with Gasteiger partial charge in [-0.05, 0) is 31.2 Å². The van der Waals surface area contributed by atoms with Gasteiger partial charge in [0.2, 0.25) is 0 Å². The summed E-state index contributed by atoms with van der Waals surface area (Å²) in [6, 6.07) is 10.6. The molecule has 0 aromatic heterocycles. The van der Waals surface area contributed by atoms with E-state index in [0.29, 0.717) is 16.9 Å². The number of anilines is 2. The molecule has 0 aliphatic rings. The fourth-order valence-electron chi connectivity index (χ4n) is 2.12. The van der Waals surface area contributed by atoms with Gasteiger partial charge in [0.15, 0.2) is 0 Å². The zero-order chi connectivity index (χ0) is 14.0. The average molecular weight is 262 g/mol. The highest BCUT2D eigenvalue weighted by atomic mass is 19.1. The molecule has 0 amide bonds. The summed E-state index contributed by atoms with van der Waals surface area (Å²) in [5.74, 6) is -0.736. The van der Waals surface area contributed by atoms with Crippen LogP contribution in [0.5, 0.6) is 0 Å². The molecule has 100 valence electrons. The first-order valence-corrected chi connectivity index (χ1v) is 6.04. The van der Waals surface area contributed by atoms with E-state index >= 15 is 0 Å². The van der Waals surface area contributed by atoms with Gasteiger partial charge in [0, 0.05) is 24.3 Å². The summed E-state index contributed by atoms with van der Waals surface area (Å²) in [6.45, 7) is 1.71. The summed E-state index contributed by atoms with van der Waals surface area (Å²) in [4.78, 5) is 1.61. The van der Waals surface area contributed by atoms with Crippen LogP contribution in [0.1, 0.15) is 18.5 Å². The van der Waals surface area contributed by atoms with Gasteiger partial charge in [-0.2, -0.15) is 0 Å². The third-order valence-electron chi connectivity index (χ3n) is 3.06. The van der Waals surface area contributed by atoms with Crippen LogP contribution in [-0.4, -0.2) is 7.05 Å². The van der Waals surface area contributed by atoms with E-state index in [9.17, 15) is 8.78 Å². The molecule has 4 heteroatoms. The van der Waals surface area contributed by atoms with E-state index < -0.39 is 6.04 Å². The average Bonchev–Trinajstić information content (AvgIpc) is 2.37. The van der Waals surface area contributed by atoms with Crippen molar-refractivity contribution in [3.63, 3.8) is 0 Å². The normalized spacial score (nSPS) is 12.3. The summed E-state index contributed by atoms with van der Waals surface area (Å²) in [7, 11) is 1.69. The van der Waals surface area contributed by atoms with E-state index in [4.69, 9.17) is 5.73 Å². The summed E-state index contributed by atoms with van der Waals surface area (Å²) >= 11 is 0. The number of para-hydroxylation sites is 1. The second-order valence-electron chi connectivity index (χ2n) is 4.47. The molecule has 1 atom stereocenters. The van der Waals surface area contributed by atoms with E-state index in [-0.39, 0.29) is 11.6 Å². The van der Waals surface area contributed by atoms with Gasteiger partial charge in [0.1, 0.15) is 11.6 Å². The summed E-state index contributed by atoms with van der Waals surface area (Å²) < 4.78 is 27.7. The van der Waals surface area contributed by atoms with Crippen molar-refractivity contribution < 1.29 is 8.78 Å². The fourth-order valence-corrected chi connectivity index (χ4v) is 2.12. The SMILES string of the molecule is C[C@@H](N)c1c(F)cccc1N(C)c1ccccc1F. The molecule has 0 radical (unpaired) electrons. The van der Waals surface area contributed by atoms with Crippen LogP contribution in [0.4, 0.5) is 20.2 Å². The summed E-state index contributed by atoms with van der Waals surface area (Å²) in [5, 5.41) is 0. The Morgan fingerprint density at radius 1 is 0.947 bits per heavy atom. The van der Waals surface area contributed by atoms with Crippen LogP contribution in [0.2, 0.25) is 0 Å². The largest absolute Gasteiger partial charge is 0.342 e. The molecule has 2 rings (SSSR count). The maximum absolute atomic E-state index is 13.9. The van der Waals surface area contributed by atoms with Crippen LogP contribution in [0.25, 0.3) is 0 Å². The van der Waals surface area contributed by atoms with Gasteiger partial charge in [-0.15, -0.1) is 0 Å². The Labute approximate surface area is 111 Å². The van der Waals surface area contributed by atoms with Gasteiger partial charge in [0.05, 0.1) is 5.69 Å².